The van der Waals surface area contributed by atoms with E-state index in [1.54, 1.807) is 0 Å². The average Bonchev–Trinajstić information content (AvgIpc) is 2.47. The summed E-state index contributed by atoms with van der Waals surface area (Å²) in [6.45, 7) is 2.29. The van der Waals surface area contributed by atoms with Crippen molar-refractivity contribution < 1.29 is 0 Å². The molecule has 0 aliphatic carbocycles. The highest BCUT2D eigenvalue weighted by Gasteiger charge is 1.94. The fourth-order valence-electron chi connectivity index (χ4n) is 2.74. The van der Waals surface area contributed by atoms with Crippen molar-refractivity contribution in [3.63, 3.8) is 0 Å². The molecule has 0 fully saturated rings. The summed E-state index contributed by atoms with van der Waals surface area (Å²) in [4.78, 5) is 0. The Kier molecular flexibility index (Phi) is 20.4. The standard InChI is InChI=1S/C18H38ClP/c1-2-3-4-5-6-7-8-9-10-11-12-13-14-15-16-17-18-20-19/h20H,2-18H2,1H3. The van der Waals surface area contributed by atoms with Crippen molar-refractivity contribution in [2.45, 2.75) is 110 Å². The van der Waals surface area contributed by atoms with Crippen LogP contribution in [-0.4, -0.2) is 6.16 Å². The molecule has 1 atom stereocenters. The largest absolute Gasteiger partial charge is 0.100 e. The molecule has 0 aliphatic rings. The second-order valence-corrected chi connectivity index (χ2v) is 7.76. The van der Waals surface area contributed by atoms with E-state index in [9.17, 15) is 0 Å². The van der Waals surface area contributed by atoms with E-state index in [0.717, 1.165) is 0 Å². The monoisotopic (exact) mass is 320 g/mol. The third-order valence-electron chi connectivity index (χ3n) is 4.12. The predicted molar refractivity (Wildman–Crippen MR) is 98.6 cm³/mol. The minimum absolute atomic E-state index is 0.641. The van der Waals surface area contributed by atoms with E-state index >= 15 is 0 Å². The molecule has 2 heteroatoms. The first-order valence-electron chi connectivity index (χ1n) is 9.25. The van der Waals surface area contributed by atoms with Gasteiger partial charge in [-0.15, -0.1) is 11.2 Å². The van der Waals surface area contributed by atoms with Crippen LogP contribution in [0.25, 0.3) is 0 Å². The van der Waals surface area contributed by atoms with Gasteiger partial charge in [0.2, 0.25) is 0 Å². The summed E-state index contributed by atoms with van der Waals surface area (Å²) in [6.07, 6.45) is 24.4. The summed E-state index contributed by atoms with van der Waals surface area (Å²) in [5.74, 6) is 0. The van der Waals surface area contributed by atoms with Crippen molar-refractivity contribution >= 4 is 19.2 Å². The molecule has 0 amide bonds. The van der Waals surface area contributed by atoms with Crippen LogP contribution in [0.1, 0.15) is 110 Å². The average molecular weight is 321 g/mol. The summed E-state index contributed by atoms with van der Waals surface area (Å²) in [5, 5.41) is 0. The fourth-order valence-corrected chi connectivity index (χ4v) is 3.52. The summed E-state index contributed by atoms with van der Waals surface area (Å²) >= 11 is 5.69. The van der Waals surface area contributed by atoms with Gasteiger partial charge in [0.15, 0.2) is 0 Å². The van der Waals surface area contributed by atoms with Crippen LogP contribution >= 0.6 is 19.2 Å². The fraction of sp³-hybridized carbons (Fsp3) is 1.00. The van der Waals surface area contributed by atoms with E-state index in [2.05, 4.69) is 6.92 Å². The lowest BCUT2D eigenvalue weighted by atomic mass is 10.0. The molecule has 0 heterocycles. The third kappa shape index (κ3) is 18.7. The Morgan fingerprint density at radius 1 is 0.500 bits per heavy atom. The zero-order chi connectivity index (χ0) is 14.7. The number of rotatable bonds is 17. The van der Waals surface area contributed by atoms with Crippen molar-refractivity contribution in [3.05, 3.63) is 0 Å². The first kappa shape index (κ1) is 20.7. The maximum atomic E-state index is 5.69. The molecular formula is C18H38ClP. The highest BCUT2D eigenvalue weighted by molar-refractivity contribution is 7.68. The molecule has 0 aromatic carbocycles. The van der Waals surface area contributed by atoms with E-state index in [4.69, 9.17) is 11.2 Å². The Balaban J connectivity index is 2.89. The van der Waals surface area contributed by atoms with E-state index < -0.39 is 0 Å². The predicted octanol–water partition coefficient (Wildman–Crippen LogP) is 8.08. The zero-order valence-electron chi connectivity index (χ0n) is 13.9. The van der Waals surface area contributed by atoms with Crippen LogP contribution in [0.3, 0.4) is 0 Å². The van der Waals surface area contributed by atoms with E-state index in [1.807, 2.05) is 0 Å². The summed E-state index contributed by atoms with van der Waals surface area (Å²) < 4.78 is 0. The number of hydrogen-bond donors (Lipinski definition) is 0. The van der Waals surface area contributed by atoms with Crippen molar-refractivity contribution in [2.75, 3.05) is 6.16 Å². The molecule has 0 aromatic rings. The first-order valence-corrected chi connectivity index (χ1v) is 11.5. The molecule has 0 spiro atoms. The van der Waals surface area contributed by atoms with Gasteiger partial charge in [-0.1, -0.05) is 103 Å². The SMILES string of the molecule is CCCCCCCCCCCCCCCCCCPCl. The second-order valence-electron chi connectivity index (χ2n) is 6.19. The zero-order valence-corrected chi connectivity index (χ0v) is 15.7. The quantitative estimate of drug-likeness (QED) is 0.188. The van der Waals surface area contributed by atoms with E-state index in [1.165, 1.54) is 109 Å². The molecule has 0 bridgehead atoms. The van der Waals surface area contributed by atoms with Gasteiger partial charge in [-0.3, -0.25) is 0 Å². The van der Waals surface area contributed by atoms with E-state index in [-0.39, 0.29) is 0 Å². The molecule has 1 unspecified atom stereocenters. The number of halogens is 1. The van der Waals surface area contributed by atoms with Crippen LogP contribution in [0.5, 0.6) is 0 Å². The van der Waals surface area contributed by atoms with Gasteiger partial charge in [-0.2, -0.15) is 0 Å². The molecular weight excluding hydrogens is 283 g/mol. The van der Waals surface area contributed by atoms with Crippen molar-refractivity contribution in [3.8, 4) is 0 Å². The highest BCUT2D eigenvalue weighted by atomic mass is 35.7. The highest BCUT2D eigenvalue weighted by Crippen LogP contribution is 2.19. The minimum Gasteiger partial charge on any atom is -0.100 e. The maximum absolute atomic E-state index is 5.69. The van der Waals surface area contributed by atoms with Gasteiger partial charge in [0.05, 0.1) is 0 Å². The summed E-state index contributed by atoms with van der Waals surface area (Å²) in [6, 6.07) is 0. The smallest absolute Gasteiger partial charge is 0.0214 e. The van der Waals surface area contributed by atoms with Gasteiger partial charge < -0.3 is 0 Å². The Hall–Kier alpha value is 0.720. The molecule has 0 N–H and O–H groups in total. The van der Waals surface area contributed by atoms with Gasteiger partial charge in [-0.05, 0) is 20.5 Å². The Labute approximate surface area is 135 Å². The maximum Gasteiger partial charge on any atom is -0.0214 e. The topological polar surface area (TPSA) is 0 Å². The molecule has 20 heavy (non-hydrogen) atoms. The molecule has 0 nitrogen and oxygen atoms in total. The lowest BCUT2D eigenvalue weighted by molar-refractivity contribution is 0.531. The lowest BCUT2D eigenvalue weighted by Crippen LogP contribution is -1.83. The Morgan fingerprint density at radius 2 is 0.800 bits per heavy atom. The molecule has 0 saturated heterocycles. The molecule has 0 radical (unpaired) electrons. The Morgan fingerprint density at radius 3 is 1.10 bits per heavy atom. The molecule has 0 saturated carbocycles. The second kappa shape index (κ2) is 19.7. The molecule has 0 aliphatic heterocycles. The third-order valence-corrected chi connectivity index (χ3v) is 5.23. The first-order chi connectivity index (χ1) is 9.91. The van der Waals surface area contributed by atoms with Gasteiger partial charge >= 0.3 is 0 Å². The van der Waals surface area contributed by atoms with Gasteiger partial charge in [-0.25, -0.2) is 0 Å². The minimum atomic E-state index is 0.641. The summed E-state index contributed by atoms with van der Waals surface area (Å²) in [7, 11) is 0.641. The van der Waals surface area contributed by atoms with Crippen LogP contribution in [0.15, 0.2) is 0 Å². The van der Waals surface area contributed by atoms with Crippen LogP contribution in [0.2, 0.25) is 0 Å². The molecule has 0 aromatic heterocycles. The Bertz CT molecular complexity index is 143. The lowest BCUT2D eigenvalue weighted by Gasteiger charge is -2.03. The van der Waals surface area contributed by atoms with Crippen LogP contribution in [-0.2, 0) is 0 Å². The number of unbranched alkanes of at least 4 members (excludes halogenated alkanes) is 15. The molecule has 0 rings (SSSR count). The van der Waals surface area contributed by atoms with Gasteiger partial charge in [0.25, 0.3) is 0 Å². The normalized spacial score (nSPS) is 11.7. The van der Waals surface area contributed by atoms with E-state index in [0.29, 0.717) is 7.93 Å². The molecule has 122 valence electrons. The van der Waals surface area contributed by atoms with Crippen LogP contribution in [0, 0.1) is 0 Å². The van der Waals surface area contributed by atoms with Crippen molar-refractivity contribution in [1.82, 2.24) is 0 Å². The van der Waals surface area contributed by atoms with Crippen LogP contribution < -0.4 is 0 Å². The van der Waals surface area contributed by atoms with Crippen molar-refractivity contribution in [1.29, 1.82) is 0 Å². The van der Waals surface area contributed by atoms with Crippen molar-refractivity contribution in [2.24, 2.45) is 0 Å². The van der Waals surface area contributed by atoms with Crippen LogP contribution in [0.4, 0.5) is 0 Å². The van der Waals surface area contributed by atoms with Gasteiger partial charge in [0.1, 0.15) is 0 Å². The summed E-state index contributed by atoms with van der Waals surface area (Å²) in [5.41, 5.74) is 0. The number of hydrogen-bond acceptors (Lipinski definition) is 0. The van der Waals surface area contributed by atoms with Gasteiger partial charge in [0, 0.05) is 0 Å².